The molecule has 0 fully saturated rings. The van der Waals surface area contributed by atoms with E-state index in [0.717, 1.165) is 16.5 Å². The summed E-state index contributed by atoms with van der Waals surface area (Å²) in [4.78, 5) is 4.70. The van der Waals surface area contributed by atoms with Gasteiger partial charge in [0.15, 0.2) is 5.13 Å². The normalized spacial score (nSPS) is 10.1. The van der Waals surface area contributed by atoms with Crippen molar-refractivity contribution in [3.05, 3.63) is 64.5 Å². The summed E-state index contributed by atoms with van der Waals surface area (Å²) >= 11 is 1.63. The minimum atomic E-state index is 0. The SMILES string of the molecule is Cc1ccc(Nc2nc(-c3ccc(C)cc3C)cs2)cc1.Cl. The van der Waals surface area contributed by atoms with Gasteiger partial charge in [-0.05, 0) is 38.5 Å². The molecule has 0 unspecified atom stereocenters. The van der Waals surface area contributed by atoms with Gasteiger partial charge < -0.3 is 5.32 Å². The van der Waals surface area contributed by atoms with E-state index in [0.29, 0.717) is 0 Å². The first-order chi connectivity index (χ1) is 10.1. The van der Waals surface area contributed by atoms with Crippen molar-refractivity contribution in [1.82, 2.24) is 4.98 Å². The van der Waals surface area contributed by atoms with Crippen LogP contribution < -0.4 is 5.32 Å². The van der Waals surface area contributed by atoms with Crippen LogP contribution >= 0.6 is 23.7 Å². The second kappa shape index (κ2) is 6.95. The lowest BCUT2D eigenvalue weighted by molar-refractivity contribution is 1.33. The van der Waals surface area contributed by atoms with E-state index in [1.54, 1.807) is 11.3 Å². The predicted molar refractivity (Wildman–Crippen MR) is 98.7 cm³/mol. The molecule has 2 aromatic carbocycles. The van der Waals surface area contributed by atoms with Crippen molar-refractivity contribution in [2.75, 3.05) is 5.32 Å². The van der Waals surface area contributed by atoms with Crippen LogP contribution in [0.25, 0.3) is 11.3 Å². The van der Waals surface area contributed by atoms with E-state index in [1.807, 2.05) is 0 Å². The first-order valence-corrected chi connectivity index (χ1v) is 7.86. The van der Waals surface area contributed by atoms with Gasteiger partial charge in [-0.1, -0.05) is 41.5 Å². The topological polar surface area (TPSA) is 24.9 Å². The lowest BCUT2D eigenvalue weighted by Crippen LogP contribution is -1.90. The maximum absolute atomic E-state index is 4.70. The highest BCUT2D eigenvalue weighted by Crippen LogP contribution is 2.29. The Balaban J connectivity index is 0.00000176. The number of anilines is 2. The van der Waals surface area contributed by atoms with Gasteiger partial charge in [0.25, 0.3) is 0 Å². The standard InChI is InChI=1S/C18H18N2S.ClH/c1-12-4-7-15(8-5-12)19-18-20-17(11-21-18)16-9-6-13(2)10-14(16)3;/h4-11H,1-3H3,(H,19,20);1H. The smallest absolute Gasteiger partial charge is 0.187 e. The van der Waals surface area contributed by atoms with Crippen LogP contribution in [0.1, 0.15) is 16.7 Å². The van der Waals surface area contributed by atoms with Crippen LogP contribution in [0.4, 0.5) is 10.8 Å². The molecule has 0 amide bonds. The first-order valence-electron chi connectivity index (χ1n) is 6.99. The average molecular weight is 331 g/mol. The van der Waals surface area contributed by atoms with Crippen LogP contribution in [0.5, 0.6) is 0 Å². The number of nitrogens with zero attached hydrogens (tertiary/aromatic N) is 1. The zero-order valence-corrected chi connectivity index (χ0v) is 14.5. The van der Waals surface area contributed by atoms with Crippen molar-refractivity contribution in [2.24, 2.45) is 0 Å². The molecular weight excluding hydrogens is 312 g/mol. The fraction of sp³-hybridized carbons (Fsp3) is 0.167. The van der Waals surface area contributed by atoms with Gasteiger partial charge in [-0.3, -0.25) is 0 Å². The Labute approximate surface area is 141 Å². The lowest BCUT2D eigenvalue weighted by Gasteiger charge is -2.04. The molecule has 22 heavy (non-hydrogen) atoms. The number of thiazole rings is 1. The summed E-state index contributed by atoms with van der Waals surface area (Å²) in [7, 11) is 0. The van der Waals surface area contributed by atoms with E-state index in [9.17, 15) is 0 Å². The second-order valence-electron chi connectivity index (χ2n) is 5.35. The molecule has 1 heterocycles. The van der Waals surface area contributed by atoms with Crippen LogP contribution in [-0.2, 0) is 0 Å². The number of nitrogens with one attached hydrogen (secondary N) is 1. The predicted octanol–water partition coefficient (Wildman–Crippen LogP) is 5.90. The molecule has 0 saturated carbocycles. The number of benzene rings is 2. The Kier molecular flexibility index (Phi) is 5.22. The Hall–Kier alpha value is -1.84. The zero-order chi connectivity index (χ0) is 14.8. The van der Waals surface area contributed by atoms with Gasteiger partial charge in [-0.2, -0.15) is 0 Å². The van der Waals surface area contributed by atoms with E-state index in [2.05, 4.69) is 73.9 Å². The first kappa shape index (κ1) is 16.5. The summed E-state index contributed by atoms with van der Waals surface area (Å²) in [5.74, 6) is 0. The molecule has 0 aliphatic heterocycles. The van der Waals surface area contributed by atoms with Crippen molar-refractivity contribution in [3.63, 3.8) is 0 Å². The van der Waals surface area contributed by atoms with Gasteiger partial charge in [0.05, 0.1) is 5.69 Å². The third kappa shape index (κ3) is 3.67. The molecule has 0 spiro atoms. The van der Waals surface area contributed by atoms with Gasteiger partial charge in [0.2, 0.25) is 0 Å². The maximum Gasteiger partial charge on any atom is 0.187 e. The van der Waals surface area contributed by atoms with Gasteiger partial charge in [-0.25, -0.2) is 4.98 Å². The van der Waals surface area contributed by atoms with Gasteiger partial charge in [-0.15, -0.1) is 23.7 Å². The van der Waals surface area contributed by atoms with Crippen molar-refractivity contribution < 1.29 is 0 Å². The number of aromatic nitrogens is 1. The van der Waals surface area contributed by atoms with Gasteiger partial charge >= 0.3 is 0 Å². The fourth-order valence-electron chi connectivity index (χ4n) is 2.32. The van der Waals surface area contributed by atoms with Crippen molar-refractivity contribution in [2.45, 2.75) is 20.8 Å². The average Bonchev–Trinajstić information content (AvgIpc) is 2.90. The summed E-state index contributed by atoms with van der Waals surface area (Å²) in [6, 6.07) is 14.8. The van der Waals surface area contributed by atoms with Crippen LogP contribution in [0.2, 0.25) is 0 Å². The molecule has 0 atom stereocenters. The fourth-order valence-corrected chi connectivity index (χ4v) is 3.05. The summed E-state index contributed by atoms with van der Waals surface area (Å²) in [5, 5.41) is 6.39. The summed E-state index contributed by atoms with van der Waals surface area (Å²) in [6.07, 6.45) is 0. The van der Waals surface area contributed by atoms with Crippen LogP contribution in [0.3, 0.4) is 0 Å². The summed E-state index contributed by atoms with van der Waals surface area (Å²) in [5.41, 5.74) is 7.12. The van der Waals surface area contributed by atoms with Crippen LogP contribution in [-0.4, -0.2) is 4.98 Å². The Morgan fingerprint density at radius 1 is 0.909 bits per heavy atom. The molecule has 4 heteroatoms. The number of hydrogen-bond acceptors (Lipinski definition) is 3. The van der Waals surface area contributed by atoms with E-state index in [-0.39, 0.29) is 12.4 Å². The monoisotopic (exact) mass is 330 g/mol. The van der Waals surface area contributed by atoms with E-state index in [4.69, 9.17) is 4.98 Å². The van der Waals surface area contributed by atoms with Gasteiger partial charge in [0.1, 0.15) is 0 Å². The third-order valence-electron chi connectivity index (χ3n) is 3.46. The Morgan fingerprint density at radius 2 is 1.59 bits per heavy atom. The quantitative estimate of drug-likeness (QED) is 0.646. The summed E-state index contributed by atoms with van der Waals surface area (Å²) in [6.45, 7) is 6.34. The minimum Gasteiger partial charge on any atom is -0.332 e. The highest BCUT2D eigenvalue weighted by Gasteiger charge is 2.07. The highest BCUT2D eigenvalue weighted by molar-refractivity contribution is 7.14. The molecule has 1 aromatic heterocycles. The molecule has 0 aliphatic rings. The lowest BCUT2D eigenvalue weighted by atomic mass is 10.0. The maximum atomic E-state index is 4.70. The molecule has 0 radical (unpaired) electrons. The summed E-state index contributed by atoms with van der Waals surface area (Å²) < 4.78 is 0. The molecular formula is C18H19ClN2S. The van der Waals surface area contributed by atoms with E-state index >= 15 is 0 Å². The minimum absolute atomic E-state index is 0. The van der Waals surface area contributed by atoms with E-state index in [1.165, 1.54) is 22.3 Å². The number of aryl methyl sites for hydroxylation is 3. The largest absolute Gasteiger partial charge is 0.332 e. The second-order valence-corrected chi connectivity index (χ2v) is 6.21. The molecule has 0 bridgehead atoms. The van der Waals surface area contributed by atoms with Crippen molar-refractivity contribution in [1.29, 1.82) is 0 Å². The van der Waals surface area contributed by atoms with E-state index < -0.39 is 0 Å². The third-order valence-corrected chi connectivity index (χ3v) is 4.22. The van der Waals surface area contributed by atoms with Crippen molar-refractivity contribution >= 4 is 34.6 Å². The molecule has 0 saturated heterocycles. The number of rotatable bonds is 3. The molecule has 3 rings (SSSR count). The molecule has 3 aromatic rings. The molecule has 2 nitrogen and oxygen atoms in total. The Bertz CT molecular complexity index is 763. The zero-order valence-electron chi connectivity index (χ0n) is 12.9. The van der Waals surface area contributed by atoms with Gasteiger partial charge in [0, 0.05) is 16.6 Å². The Morgan fingerprint density at radius 3 is 2.27 bits per heavy atom. The molecule has 1 N–H and O–H groups in total. The van der Waals surface area contributed by atoms with Crippen LogP contribution in [0.15, 0.2) is 47.8 Å². The van der Waals surface area contributed by atoms with Crippen LogP contribution in [0, 0.1) is 20.8 Å². The number of hydrogen-bond donors (Lipinski definition) is 1. The highest BCUT2D eigenvalue weighted by atomic mass is 35.5. The molecule has 0 aliphatic carbocycles. The molecule has 114 valence electrons. The number of halogens is 1. The van der Waals surface area contributed by atoms with Crippen molar-refractivity contribution in [3.8, 4) is 11.3 Å².